The molecule has 2 aromatic rings. The Morgan fingerprint density at radius 3 is 2.67 bits per heavy atom. The molecule has 1 saturated heterocycles. The standard InChI is InChI=1S/C17H16ClNO5/c18-11-4-5-14-12(8-11)13(20)9-15(24-14)17(22)23-10-16(21)19-6-2-1-3-7-19/h4-5,8-9H,1-3,6-7,10H2. The van der Waals surface area contributed by atoms with Crippen molar-refractivity contribution in [2.24, 2.45) is 0 Å². The molecule has 0 spiro atoms. The predicted molar refractivity (Wildman–Crippen MR) is 88.2 cm³/mol. The van der Waals surface area contributed by atoms with E-state index in [1.807, 2.05) is 0 Å². The van der Waals surface area contributed by atoms with Crippen LogP contribution < -0.4 is 5.43 Å². The molecule has 1 aliphatic heterocycles. The van der Waals surface area contributed by atoms with Crippen LogP contribution in [0.1, 0.15) is 29.8 Å². The summed E-state index contributed by atoms with van der Waals surface area (Å²) in [7, 11) is 0. The van der Waals surface area contributed by atoms with Crippen LogP contribution >= 0.6 is 11.6 Å². The molecule has 0 unspecified atom stereocenters. The normalized spacial score (nSPS) is 14.6. The number of ether oxygens (including phenoxy) is 1. The summed E-state index contributed by atoms with van der Waals surface area (Å²) in [5.41, 5.74) is -0.158. The van der Waals surface area contributed by atoms with Gasteiger partial charge in [0.15, 0.2) is 12.0 Å². The number of esters is 1. The van der Waals surface area contributed by atoms with Crippen molar-refractivity contribution in [3.05, 3.63) is 45.3 Å². The van der Waals surface area contributed by atoms with E-state index >= 15 is 0 Å². The second-order valence-electron chi connectivity index (χ2n) is 5.63. The maximum atomic E-state index is 12.0. The molecular formula is C17H16ClNO5. The van der Waals surface area contributed by atoms with Crippen LogP contribution in [0.3, 0.4) is 0 Å². The molecule has 0 saturated carbocycles. The lowest BCUT2D eigenvalue weighted by Crippen LogP contribution is -2.38. The minimum absolute atomic E-state index is 0.235. The molecule has 0 radical (unpaired) electrons. The molecule has 1 amide bonds. The van der Waals surface area contributed by atoms with Crippen molar-refractivity contribution in [2.75, 3.05) is 19.7 Å². The molecule has 1 aromatic heterocycles. The van der Waals surface area contributed by atoms with E-state index in [1.165, 1.54) is 12.1 Å². The summed E-state index contributed by atoms with van der Waals surface area (Å²) in [4.78, 5) is 37.8. The van der Waals surface area contributed by atoms with Gasteiger partial charge in [-0.25, -0.2) is 4.79 Å². The maximum Gasteiger partial charge on any atom is 0.374 e. The van der Waals surface area contributed by atoms with E-state index in [9.17, 15) is 14.4 Å². The molecule has 6 nitrogen and oxygen atoms in total. The summed E-state index contributed by atoms with van der Waals surface area (Å²) >= 11 is 5.84. The first-order valence-corrected chi connectivity index (χ1v) is 8.11. The summed E-state index contributed by atoms with van der Waals surface area (Å²) in [6, 6.07) is 5.58. The predicted octanol–water partition coefficient (Wildman–Crippen LogP) is 2.62. The van der Waals surface area contributed by atoms with Gasteiger partial charge in [0.1, 0.15) is 5.58 Å². The Bertz CT molecular complexity index is 838. The van der Waals surface area contributed by atoms with Crippen molar-refractivity contribution in [3.63, 3.8) is 0 Å². The Hall–Kier alpha value is -2.34. The first-order valence-electron chi connectivity index (χ1n) is 7.73. The van der Waals surface area contributed by atoms with Gasteiger partial charge in [-0.05, 0) is 37.5 Å². The third-order valence-corrected chi connectivity index (χ3v) is 4.16. The highest BCUT2D eigenvalue weighted by Crippen LogP contribution is 2.18. The number of piperidine rings is 1. The van der Waals surface area contributed by atoms with E-state index in [4.69, 9.17) is 20.8 Å². The van der Waals surface area contributed by atoms with Crippen LogP contribution in [0.4, 0.5) is 0 Å². The van der Waals surface area contributed by atoms with E-state index in [-0.39, 0.29) is 29.2 Å². The molecule has 2 heterocycles. The fourth-order valence-corrected chi connectivity index (χ4v) is 2.83. The van der Waals surface area contributed by atoms with Gasteiger partial charge in [-0.15, -0.1) is 0 Å². The van der Waals surface area contributed by atoms with E-state index in [0.717, 1.165) is 25.3 Å². The molecular weight excluding hydrogens is 334 g/mol. The average molecular weight is 350 g/mol. The summed E-state index contributed by atoms with van der Waals surface area (Å²) in [6.45, 7) is 1.01. The molecule has 0 atom stereocenters. The first kappa shape index (κ1) is 16.5. The largest absolute Gasteiger partial charge is 0.450 e. The number of fused-ring (bicyclic) bond motifs is 1. The Kier molecular flexibility index (Phi) is 4.85. The molecule has 1 aromatic carbocycles. The molecule has 1 aliphatic rings. The second kappa shape index (κ2) is 7.05. The van der Waals surface area contributed by atoms with Gasteiger partial charge in [-0.2, -0.15) is 0 Å². The number of nitrogens with zero attached hydrogens (tertiary/aromatic N) is 1. The number of benzene rings is 1. The second-order valence-corrected chi connectivity index (χ2v) is 6.07. The van der Waals surface area contributed by atoms with Crippen molar-refractivity contribution in [1.29, 1.82) is 0 Å². The Morgan fingerprint density at radius 1 is 1.17 bits per heavy atom. The number of amides is 1. The monoisotopic (exact) mass is 349 g/mol. The zero-order chi connectivity index (χ0) is 17.1. The molecule has 0 aliphatic carbocycles. The summed E-state index contributed by atoms with van der Waals surface area (Å²) < 4.78 is 10.4. The van der Waals surface area contributed by atoms with Crippen LogP contribution in [0.25, 0.3) is 11.0 Å². The molecule has 126 valence electrons. The Balaban J connectivity index is 1.71. The van der Waals surface area contributed by atoms with Crippen LogP contribution in [-0.4, -0.2) is 36.5 Å². The van der Waals surface area contributed by atoms with Gasteiger partial charge in [0, 0.05) is 24.2 Å². The van der Waals surface area contributed by atoms with Gasteiger partial charge in [0.25, 0.3) is 5.91 Å². The zero-order valence-electron chi connectivity index (χ0n) is 12.9. The number of carbonyl (C=O) groups is 2. The summed E-state index contributed by atoms with van der Waals surface area (Å²) in [5, 5.41) is 0.681. The van der Waals surface area contributed by atoms with Gasteiger partial charge in [0.2, 0.25) is 5.76 Å². The Morgan fingerprint density at radius 2 is 1.92 bits per heavy atom. The number of likely N-dealkylation sites (tertiary alicyclic amines) is 1. The number of halogens is 1. The van der Waals surface area contributed by atoms with Crippen molar-refractivity contribution >= 4 is 34.4 Å². The lowest BCUT2D eigenvalue weighted by Gasteiger charge is -2.26. The topological polar surface area (TPSA) is 76.8 Å². The fourth-order valence-electron chi connectivity index (χ4n) is 2.66. The van der Waals surface area contributed by atoms with Crippen LogP contribution in [0.2, 0.25) is 5.02 Å². The lowest BCUT2D eigenvalue weighted by atomic mass is 10.1. The third kappa shape index (κ3) is 3.59. The van der Waals surface area contributed by atoms with E-state index in [1.54, 1.807) is 11.0 Å². The summed E-state index contributed by atoms with van der Waals surface area (Å²) in [5.74, 6) is -1.31. The molecule has 1 fully saturated rings. The number of hydrogen-bond acceptors (Lipinski definition) is 5. The quantitative estimate of drug-likeness (QED) is 0.796. The molecule has 3 rings (SSSR count). The number of rotatable bonds is 3. The first-order chi connectivity index (χ1) is 11.5. The summed E-state index contributed by atoms with van der Waals surface area (Å²) in [6.07, 6.45) is 3.03. The highest BCUT2D eigenvalue weighted by atomic mass is 35.5. The highest BCUT2D eigenvalue weighted by Gasteiger charge is 2.20. The van der Waals surface area contributed by atoms with E-state index < -0.39 is 11.4 Å². The number of carbonyl (C=O) groups excluding carboxylic acids is 2. The van der Waals surface area contributed by atoms with Gasteiger partial charge >= 0.3 is 5.97 Å². The molecule has 24 heavy (non-hydrogen) atoms. The maximum absolute atomic E-state index is 12.0. The number of hydrogen-bond donors (Lipinski definition) is 0. The van der Waals surface area contributed by atoms with Crippen LogP contribution in [0, 0.1) is 0 Å². The van der Waals surface area contributed by atoms with Crippen LogP contribution in [-0.2, 0) is 9.53 Å². The molecule has 0 N–H and O–H groups in total. The third-order valence-electron chi connectivity index (χ3n) is 3.93. The van der Waals surface area contributed by atoms with E-state index in [2.05, 4.69) is 0 Å². The van der Waals surface area contributed by atoms with Crippen molar-refractivity contribution in [3.8, 4) is 0 Å². The highest BCUT2D eigenvalue weighted by molar-refractivity contribution is 6.31. The van der Waals surface area contributed by atoms with Gasteiger partial charge < -0.3 is 14.1 Å². The van der Waals surface area contributed by atoms with Crippen LogP contribution in [0.15, 0.2) is 33.5 Å². The molecule has 7 heteroatoms. The van der Waals surface area contributed by atoms with Gasteiger partial charge in [-0.3, -0.25) is 9.59 Å². The van der Waals surface area contributed by atoms with Crippen molar-refractivity contribution < 1.29 is 18.7 Å². The minimum Gasteiger partial charge on any atom is -0.450 e. The minimum atomic E-state index is -0.839. The van der Waals surface area contributed by atoms with Gasteiger partial charge in [-0.1, -0.05) is 11.6 Å². The molecule has 0 bridgehead atoms. The SMILES string of the molecule is O=C(OCC(=O)N1CCCCC1)c1cc(=O)c2cc(Cl)ccc2o1. The Labute approximate surface area is 142 Å². The smallest absolute Gasteiger partial charge is 0.374 e. The fraction of sp³-hybridized carbons (Fsp3) is 0.353. The lowest BCUT2D eigenvalue weighted by molar-refractivity contribution is -0.135. The van der Waals surface area contributed by atoms with E-state index in [0.29, 0.717) is 18.1 Å². The van der Waals surface area contributed by atoms with Gasteiger partial charge in [0.05, 0.1) is 5.39 Å². The van der Waals surface area contributed by atoms with Crippen molar-refractivity contribution in [2.45, 2.75) is 19.3 Å². The van der Waals surface area contributed by atoms with Crippen LogP contribution in [0.5, 0.6) is 0 Å². The zero-order valence-corrected chi connectivity index (χ0v) is 13.7. The van der Waals surface area contributed by atoms with Crippen molar-refractivity contribution in [1.82, 2.24) is 4.90 Å². The average Bonchev–Trinajstić information content (AvgIpc) is 2.60.